The predicted molar refractivity (Wildman–Crippen MR) is 168 cm³/mol. The molecule has 0 unspecified atom stereocenters. The number of nitrogens with zero attached hydrogens (tertiary/aromatic N) is 5. The molecule has 3 N–H and O–H groups in total. The molecular formula is C34H34FN7O2. The van der Waals surface area contributed by atoms with E-state index in [1.807, 2.05) is 25.2 Å². The molecule has 5 heterocycles. The maximum atomic E-state index is 14.2. The predicted octanol–water partition coefficient (Wildman–Crippen LogP) is 5.06. The van der Waals surface area contributed by atoms with E-state index >= 15 is 0 Å². The van der Waals surface area contributed by atoms with Crippen molar-refractivity contribution in [3.8, 4) is 22.8 Å². The number of likely N-dealkylation sites (tertiary alicyclic amines) is 1. The SMILES string of the molecule is Cn1c(-c2cc3ccc(-c4ccc5c(c4)CCC(=O)N5)nc3n2CC2CC2)nc2cc(C(=O)N3C[C@H](N)C[C@@H](F)C3)ccc21. The number of nitrogens with two attached hydrogens (primary N) is 1. The Morgan fingerprint density at radius 3 is 2.73 bits per heavy atom. The Bertz CT molecular complexity index is 1960. The van der Waals surface area contributed by atoms with Gasteiger partial charge in [0.15, 0.2) is 5.82 Å². The zero-order valence-corrected chi connectivity index (χ0v) is 24.6. The fraction of sp³-hybridized carbons (Fsp3) is 0.353. The Balaban J connectivity index is 1.18. The van der Waals surface area contributed by atoms with Crippen LogP contribution in [-0.4, -0.2) is 61.1 Å². The standard InChI is InChI=1S/C34H34FN7O2/c1-40-29-10-6-23(34(44)41-17-24(35)15-25(36)18-41)13-28(29)39-33(40)30-14-22-5-9-27(38-32(22)42(30)16-19-2-3-19)20-4-8-26-21(12-20)7-11-31(43)37-26/h4-6,8-10,12-14,19,24-25H,2-3,7,11,15-18,36H2,1H3,(H,37,43)/t24-,25-/m1/s1. The van der Waals surface area contributed by atoms with Crippen molar-refractivity contribution in [2.24, 2.45) is 18.7 Å². The van der Waals surface area contributed by atoms with Crippen molar-refractivity contribution < 1.29 is 14.0 Å². The van der Waals surface area contributed by atoms with Crippen LogP contribution in [0.25, 0.3) is 44.8 Å². The Hall–Kier alpha value is -4.57. The number of aryl methyl sites for hydroxylation is 2. The average Bonchev–Trinajstić information content (AvgIpc) is 3.69. The van der Waals surface area contributed by atoms with Gasteiger partial charge in [0, 0.05) is 54.8 Å². The van der Waals surface area contributed by atoms with Crippen LogP contribution in [0.15, 0.2) is 54.6 Å². The Morgan fingerprint density at radius 1 is 1.05 bits per heavy atom. The second kappa shape index (κ2) is 10.3. The van der Waals surface area contributed by atoms with Gasteiger partial charge in [0.25, 0.3) is 5.91 Å². The smallest absolute Gasteiger partial charge is 0.254 e. The highest BCUT2D eigenvalue weighted by Crippen LogP contribution is 2.37. The number of halogens is 1. The molecule has 3 aliphatic rings. The molecule has 8 rings (SSSR count). The first kappa shape index (κ1) is 27.0. The second-order valence-corrected chi connectivity index (χ2v) is 12.6. The van der Waals surface area contributed by atoms with Crippen molar-refractivity contribution in [3.63, 3.8) is 0 Å². The average molecular weight is 592 g/mol. The third-order valence-corrected chi connectivity index (χ3v) is 9.25. The topological polar surface area (TPSA) is 111 Å². The molecule has 0 spiro atoms. The monoisotopic (exact) mass is 591 g/mol. The van der Waals surface area contributed by atoms with Crippen molar-refractivity contribution in [2.45, 2.75) is 50.9 Å². The summed E-state index contributed by atoms with van der Waals surface area (Å²) in [6.45, 7) is 1.28. The number of piperidine rings is 1. The lowest BCUT2D eigenvalue weighted by atomic mass is 9.99. The number of carbonyl (C=O) groups is 2. The van der Waals surface area contributed by atoms with Crippen LogP contribution in [0.5, 0.6) is 0 Å². The van der Waals surface area contributed by atoms with E-state index in [2.05, 4.69) is 38.7 Å². The number of nitrogens with one attached hydrogen (secondary N) is 1. The summed E-state index contributed by atoms with van der Waals surface area (Å²) in [7, 11) is 1.99. The third-order valence-electron chi connectivity index (χ3n) is 9.25. The normalized spacial score (nSPS) is 20.2. The number of alkyl halides is 1. The minimum atomic E-state index is -1.11. The van der Waals surface area contributed by atoms with E-state index in [9.17, 15) is 14.0 Å². The van der Waals surface area contributed by atoms with Crippen LogP contribution in [0.2, 0.25) is 0 Å². The van der Waals surface area contributed by atoms with Gasteiger partial charge in [-0.1, -0.05) is 6.07 Å². The van der Waals surface area contributed by atoms with Crippen molar-refractivity contribution in [1.29, 1.82) is 0 Å². The number of imidazole rings is 1. The number of amides is 2. The van der Waals surface area contributed by atoms with E-state index in [0.717, 1.165) is 63.5 Å². The van der Waals surface area contributed by atoms with Crippen LogP contribution >= 0.6 is 0 Å². The van der Waals surface area contributed by atoms with Gasteiger partial charge in [-0.3, -0.25) is 9.59 Å². The maximum absolute atomic E-state index is 14.2. The van der Waals surface area contributed by atoms with Crippen molar-refractivity contribution in [3.05, 3.63) is 65.7 Å². The lowest BCUT2D eigenvalue weighted by molar-refractivity contribution is -0.116. The zero-order chi connectivity index (χ0) is 30.1. The lowest BCUT2D eigenvalue weighted by Gasteiger charge is -2.33. The van der Waals surface area contributed by atoms with Crippen molar-refractivity contribution in [2.75, 3.05) is 18.4 Å². The largest absolute Gasteiger partial charge is 0.334 e. The number of fused-ring (bicyclic) bond motifs is 3. The summed E-state index contributed by atoms with van der Waals surface area (Å²) in [6.07, 6.45) is 2.79. The van der Waals surface area contributed by atoms with Gasteiger partial charge in [-0.2, -0.15) is 0 Å². The van der Waals surface area contributed by atoms with Crippen LogP contribution in [0.4, 0.5) is 10.1 Å². The number of anilines is 1. The molecule has 10 heteroatoms. The lowest BCUT2D eigenvalue weighted by Crippen LogP contribution is -2.50. The van der Waals surface area contributed by atoms with Gasteiger partial charge in [0.1, 0.15) is 11.8 Å². The van der Waals surface area contributed by atoms with E-state index in [1.165, 1.54) is 17.7 Å². The van der Waals surface area contributed by atoms with E-state index < -0.39 is 6.17 Å². The molecule has 2 fully saturated rings. The zero-order valence-electron chi connectivity index (χ0n) is 24.6. The summed E-state index contributed by atoms with van der Waals surface area (Å²) in [5, 5.41) is 4.00. The first-order chi connectivity index (χ1) is 21.3. The molecule has 9 nitrogen and oxygen atoms in total. The van der Waals surface area contributed by atoms with Crippen LogP contribution in [0.1, 0.15) is 41.6 Å². The molecule has 2 amide bonds. The number of hydrogen-bond donors (Lipinski definition) is 2. The quantitative estimate of drug-likeness (QED) is 0.297. The highest BCUT2D eigenvalue weighted by atomic mass is 19.1. The van der Waals surface area contributed by atoms with Gasteiger partial charge in [0.2, 0.25) is 5.91 Å². The molecule has 1 saturated carbocycles. The fourth-order valence-corrected chi connectivity index (χ4v) is 6.74. The molecule has 5 aromatic rings. The minimum Gasteiger partial charge on any atom is -0.334 e. The Kier molecular flexibility index (Phi) is 6.30. The molecule has 44 heavy (non-hydrogen) atoms. The van der Waals surface area contributed by atoms with Crippen molar-refractivity contribution >= 4 is 39.6 Å². The van der Waals surface area contributed by atoms with Gasteiger partial charge < -0.3 is 25.1 Å². The van der Waals surface area contributed by atoms with Crippen molar-refractivity contribution in [1.82, 2.24) is 24.0 Å². The third kappa shape index (κ3) is 4.73. The first-order valence-electron chi connectivity index (χ1n) is 15.4. The molecular weight excluding hydrogens is 557 g/mol. The molecule has 2 aliphatic heterocycles. The second-order valence-electron chi connectivity index (χ2n) is 12.6. The summed E-state index contributed by atoms with van der Waals surface area (Å²) in [5.74, 6) is 1.25. The Morgan fingerprint density at radius 2 is 1.91 bits per heavy atom. The summed E-state index contributed by atoms with van der Waals surface area (Å²) >= 11 is 0. The van der Waals surface area contributed by atoms with E-state index in [-0.39, 0.29) is 30.8 Å². The summed E-state index contributed by atoms with van der Waals surface area (Å²) in [4.78, 5) is 36.8. The maximum Gasteiger partial charge on any atom is 0.254 e. The Labute approximate surface area is 253 Å². The van der Waals surface area contributed by atoms with Crippen LogP contribution < -0.4 is 11.1 Å². The molecule has 0 radical (unpaired) electrons. The fourth-order valence-electron chi connectivity index (χ4n) is 6.74. The molecule has 1 saturated heterocycles. The number of pyridine rings is 1. The van der Waals surface area contributed by atoms with Gasteiger partial charge >= 0.3 is 0 Å². The molecule has 2 aromatic carbocycles. The number of carbonyl (C=O) groups excluding carboxylic acids is 2. The van der Waals surface area contributed by atoms with Gasteiger partial charge in [-0.05, 0) is 85.7 Å². The highest BCUT2D eigenvalue weighted by molar-refractivity contribution is 5.98. The molecule has 1 aliphatic carbocycles. The highest BCUT2D eigenvalue weighted by Gasteiger charge is 2.30. The summed E-state index contributed by atoms with van der Waals surface area (Å²) in [6, 6.07) is 17.6. The number of aromatic nitrogens is 4. The molecule has 224 valence electrons. The van der Waals surface area contributed by atoms with Gasteiger partial charge in [0.05, 0.1) is 29.0 Å². The van der Waals surface area contributed by atoms with E-state index in [0.29, 0.717) is 30.0 Å². The number of hydrogen-bond acceptors (Lipinski definition) is 5. The number of benzene rings is 2. The van der Waals surface area contributed by atoms with Gasteiger partial charge in [-0.25, -0.2) is 14.4 Å². The molecule has 2 atom stereocenters. The molecule has 0 bridgehead atoms. The molecule has 3 aromatic heterocycles. The van der Waals surface area contributed by atoms with E-state index in [4.69, 9.17) is 15.7 Å². The first-order valence-corrected chi connectivity index (χ1v) is 15.4. The van der Waals surface area contributed by atoms with Crippen LogP contribution in [0.3, 0.4) is 0 Å². The van der Waals surface area contributed by atoms with Gasteiger partial charge in [-0.15, -0.1) is 0 Å². The van der Waals surface area contributed by atoms with Crippen LogP contribution in [-0.2, 0) is 24.8 Å². The number of rotatable bonds is 5. The minimum absolute atomic E-state index is 0.0571. The summed E-state index contributed by atoms with van der Waals surface area (Å²) < 4.78 is 18.5. The van der Waals surface area contributed by atoms with Crippen LogP contribution in [0, 0.1) is 5.92 Å². The van der Waals surface area contributed by atoms with E-state index in [1.54, 1.807) is 12.1 Å². The summed E-state index contributed by atoms with van der Waals surface area (Å²) in [5.41, 5.74) is 13.9.